The predicted octanol–water partition coefficient (Wildman–Crippen LogP) is 13.7. The lowest BCUT2D eigenvalue weighted by Crippen LogP contribution is -2.00. The van der Waals surface area contributed by atoms with Crippen molar-refractivity contribution >= 4 is 53.3 Å². The highest BCUT2D eigenvalue weighted by Gasteiger charge is 2.21. The van der Waals surface area contributed by atoms with Crippen LogP contribution in [0.4, 0.5) is 0 Å². The number of para-hydroxylation sites is 2. The molecule has 0 saturated heterocycles. The molecule has 0 fully saturated rings. The van der Waals surface area contributed by atoms with Crippen LogP contribution in [0.1, 0.15) is 6.85 Å². The van der Waals surface area contributed by atoms with E-state index in [1.165, 1.54) is 11.3 Å². The Bertz CT molecular complexity index is 3500. The second-order valence-corrected chi connectivity index (χ2v) is 14.7. The molecule has 3 aromatic heterocycles. The summed E-state index contributed by atoms with van der Waals surface area (Å²) >= 11 is 1.52. The molecule has 3 heterocycles. The molecule has 0 aliphatic heterocycles. The van der Waals surface area contributed by atoms with Crippen LogP contribution in [0.5, 0.6) is 0 Å². The quantitative estimate of drug-likeness (QED) is 0.171. The van der Waals surface area contributed by atoms with Crippen molar-refractivity contribution in [3.63, 3.8) is 0 Å². The van der Waals surface area contributed by atoms with E-state index in [1.54, 1.807) is 0 Å². The summed E-state index contributed by atoms with van der Waals surface area (Å²) in [5.74, 6) is 1.56. The van der Waals surface area contributed by atoms with E-state index in [9.17, 15) is 0 Å². The van der Waals surface area contributed by atoms with Crippen molar-refractivity contribution < 1.29 is 6.85 Å². The third kappa shape index (κ3) is 5.40. The molecule has 0 bridgehead atoms. The van der Waals surface area contributed by atoms with Gasteiger partial charge in [-0.1, -0.05) is 139 Å². The monoisotopic (exact) mass is 737 g/mol. The average molecular weight is 738 g/mol. The van der Waals surface area contributed by atoms with Crippen LogP contribution in [0.25, 0.3) is 104 Å². The molecule has 56 heavy (non-hydrogen) atoms. The van der Waals surface area contributed by atoms with Gasteiger partial charge in [-0.2, -0.15) is 0 Å². The fourth-order valence-electron chi connectivity index (χ4n) is 7.79. The number of rotatable bonds is 6. The lowest BCUT2D eigenvalue weighted by atomic mass is 9.95. The molecule has 0 spiro atoms. The highest BCUT2D eigenvalue weighted by atomic mass is 32.1. The molecule has 262 valence electrons. The molecule has 4 nitrogen and oxygen atoms in total. The van der Waals surface area contributed by atoms with Crippen LogP contribution in [0.15, 0.2) is 194 Å². The third-order valence-corrected chi connectivity index (χ3v) is 11.5. The van der Waals surface area contributed by atoms with Crippen LogP contribution in [-0.2, 0) is 0 Å². The van der Waals surface area contributed by atoms with Crippen LogP contribution >= 0.6 is 11.3 Å². The van der Waals surface area contributed by atoms with Gasteiger partial charge in [-0.25, -0.2) is 15.0 Å². The van der Waals surface area contributed by atoms with Crippen LogP contribution in [0, 0.1) is 0 Å². The molecule has 0 amide bonds. The van der Waals surface area contributed by atoms with Gasteiger partial charge in [-0.3, -0.25) is 0 Å². The van der Waals surface area contributed by atoms with Crippen molar-refractivity contribution in [1.29, 1.82) is 0 Å². The summed E-state index contributed by atoms with van der Waals surface area (Å²) in [4.78, 5) is 15.5. The lowest BCUT2D eigenvalue weighted by Gasteiger charge is -2.11. The molecule has 0 aliphatic rings. The first kappa shape index (κ1) is 27.4. The molecule has 0 radical (unpaired) electrons. The van der Waals surface area contributed by atoms with Crippen molar-refractivity contribution in [3.8, 4) is 62.1 Å². The topological polar surface area (TPSA) is 43.6 Å². The Morgan fingerprint density at radius 1 is 0.429 bits per heavy atom. The minimum atomic E-state index is -0.422. The minimum absolute atomic E-state index is 0.166. The summed E-state index contributed by atoms with van der Waals surface area (Å²) in [6, 6.07) is 53.5. The Labute approximate surface area is 334 Å². The van der Waals surface area contributed by atoms with Crippen molar-refractivity contribution in [2.24, 2.45) is 0 Å². The molecule has 0 unspecified atom stereocenters. The summed E-state index contributed by atoms with van der Waals surface area (Å²) in [7, 11) is 0. The maximum atomic E-state index is 8.99. The van der Waals surface area contributed by atoms with Gasteiger partial charge >= 0.3 is 0 Å². The van der Waals surface area contributed by atoms with E-state index in [-0.39, 0.29) is 29.7 Å². The zero-order valence-corrected chi connectivity index (χ0v) is 30.6. The fourth-order valence-corrected chi connectivity index (χ4v) is 9.02. The van der Waals surface area contributed by atoms with Crippen molar-refractivity contribution in [1.82, 2.24) is 19.5 Å². The first-order valence-corrected chi connectivity index (χ1v) is 19.2. The summed E-state index contributed by atoms with van der Waals surface area (Å²) in [5.41, 5.74) is 8.29. The number of aromatic nitrogens is 4. The highest BCUT2D eigenvalue weighted by Crippen LogP contribution is 2.46. The zero-order chi connectivity index (χ0) is 41.4. The molecule has 5 heteroatoms. The van der Waals surface area contributed by atoms with Crippen LogP contribution < -0.4 is 0 Å². The van der Waals surface area contributed by atoms with Gasteiger partial charge in [0.2, 0.25) is 0 Å². The van der Waals surface area contributed by atoms with Crippen molar-refractivity contribution in [3.05, 3.63) is 194 Å². The van der Waals surface area contributed by atoms with E-state index in [0.29, 0.717) is 23.0 Å². The van der Waals surface area contributed by atoms with E-state index in [4.69, 9.17) is 21.8 Å². The van der Waals surface area contributed by atoms with Gasteiger partial charge < -0.3 is 4.57 Å². The van der Waals surface area contributed by atoms with E-state index in [1.807, 2.05) is 91.0 Å². The normalized spacial score (nSPS) is 12.8. The van der Waals surface area contributed by atoms with Crippen LogP contribution in [-0.4, -0.2) is 19.5 Å². The maximum absolute atomic E-state index is 8.99. The molecule has 0 N–H and O–H groups in total. The second kappa shape index (κ2) is 13.3. The van der Waals surface area contributed by atoms with Gasteiger partial charge in [0, 0.05) is 58.9 Å². The largest absolute Gasteiger partial charge is 0.309 e. The summed E-state index contributed by atoms with van der Waals surface area (Å²) in [5, 5.41) is 3.99. The second-order valence-electron chi connectivity index (χ2n) is 13.6. The number of hydrogen-bond donors (Lipinski definition) is 0. The Kier molecular flexibility index (Phi) is 6.49. The summed E-state index contributed by atoms with van der Waals surface area (Å²) in [6.07, 6.45) is 0. The zero-order valence-electron chi connectivity index (χ0n) is 34.8. The SMILES string of the molecule is [2H]c1c([2H])c([2H])c(-c2cc(-c3ccccc3)cc3c2sc2cccc(-c4nc(-c5ccccc5)nc(-c5ccc6c(c5)c5ccccc5n6-c5ccccc5)n4)c23)c([2H])c1[2H]. The molecule has 0 saturated carbocycles. The van der Waals surface area contributed by atoms with Crippen molar-refractivity contribution in [2.45, 2.75) is 0 Å². The molecular formula is C51H32N4S. The van der Waals surface area contributed by atoms with Gasteiger partial charge in [-0.15, -0.1) is 11.3 Å². The number of nitrogens with zero attached hydrogens (tertiary/aromatic N) is 4. The standard InChI is InChI=1S/C51H32N4S/c1-5-16-33(17-6-1)37-31-41(34-18-7-2-8-19-34)48-43(32-37)47-40(25-15-27-46(47)56-48)51-53-49(35-20-9-3-10-21-35)52-50(54-51)36-28-29-45-42(30-36)39-24-13-14-26-44(39)55(45)38-22-11-4-12-23-38/h1-32H/i2D,7D,8D,18D,19D. The van der Waals surface area contributed by atoms with Gasteiger partial charge in [0.05, 0.1) is 17.9 Å². The van der Waals surface area contributed by atoms with Crippen LogP contribution in [0.2, 0.25) is 0 Å². The minimum Gasteiger partial charge on any atom is -0.309 e. The van der Waals surface area contributed by atoms with Gasteiger partial charge in [0.1, 0.15) is 0 Å². The molecule has 11 aromatic rings. The van der Waals surface area contributed by atoms with E-state index < -0.39 is 6.04 Å². The third-order valence-electron chi connectivity index (χ3n) is 10.3. The number of fused-ring (bicyclic) bond motifs is 6. The van der Waals surface area contributed by atoms with E-state index in [2.05, 4.69) is 77.4 Å². The van der Waals surface area contributed by atoms with E-state index in [0.717, 1.165) is 75.5 Å². The number of hydrogen-bond acceptors (Lipinski definition) is 4. The number of benzene rings is 8. The first-order valence-electron chi connectivity index (χ1n) is 20.9. The molecule has 11 rings (SSSR count). The Morgan fingerprint density at radius 3 is 1.86 bits per heavy atom. The van der Waals surface area contributed by atoms with Gasteiger partial charge in [0.15, 0.2) is 17.5 Å². The smallest absolute Gasteiger partial charge is 0.164 e. The fraction of sp³-hybridized carbons (Fsp3) is 0. The van der Waals surface area contributed by atoms with Gasteiger partial charge in [-0.05, 0) is 71.3 Å². The summed E-state index contributed by atoms with van der Waals surface area (Å²) in [6.45, 7) is 0. The van der Waals surface area contributed by atoms with E-state index >= 15 is 0 Å². The molecular weight excluding hydrogens is 701 g/mol. The Hall–Kier alpha value is -7.21. The molecule has 8 aromatic carbocycles. The average Bonchev–Trinajstić information content (AvgIpc) is 3.87. The number of thiophene rings is 1. The maximum Gasteiger partial charge on any atom is 0.164 e. The van der Waals surface area contributed by atoms with Crippen molar-refractivity contribution in [2.75, 3.05) is 0 Å². The predicted molar refractivity (Wildman–Crippen MR) is 234 cm³/mol. The molecule has 0 atom stereocenters. The lowest BCUT2D eigenvalue weighted by molar-refractivity contribution is 1.08. The Morgan fingerprint density at radius 2 is 1.07 bits per heavy atom. The molecule has 0 aliphatic carbocycles. The highest BCUT2D eigenvalue weighted by molar-refractivity contribution is 7.26. The van der Waals surface area contributed by atoms with Gasteiger partial charge in [0.25, 0.3) is 0 Å². The Balaban J connectivity index is 1.18. The first-order chi connectivity index (χ1) is 29.8. The van der Waals surface area contributed by atoms with Crippen LogP contribution in [0.3, 0.4) is 0 Å². The summed E-state index contributed by atoms with van der Waals surface area (Å²) < 4.78 is 47.4.